The monoisotopic (exact) mass is 228 g/mol. The summed E-state index contributed by atoms with van der Waals surface area (Å²) in [5, 5.41) is 0. The van der Waals surface area contributed by atoms with Gasteiger partial charge in [0.1, 0.15) is 0 Å². The number of amides is 1. The number of primary amides is 1. The molecule has 0 aromatic heterocycles. The van der Waals surface area contributed by atoms with Crippen LogP contribution in [0.1, 0.15) is 16.8 Å². The number of Topliss-reactive ketones (excluding diaryl/α,β-unsaturated/α-hetero) is 1. The summed E-state index contributed by atoms with van der Waals surface area (Å²) in [6.07, 6.45) is -0.335. The van der Waals surface area contributed by atoms with Gasteiger partial charge in [-0.2, -0.15) is 0 Å². The Morgan fingerprint density at radius 2 is 1.88 bits per heavy atom. The number of hydrogen-bond donors (Lipinski definition) is 2. The lowest BCUT2D eigenvalue weighted by molar-refractivity contribution is -0.118. The van der Waals surface area contributed by atoms with Gasteiger partial charge in [0.2, 0.25) is 5.91 Å². The third-order valence-corrected chi connectivity index (χ3v) is 1.96. The van der Waals surface area contributed by atoms with E-state index in [1.54, 1.807) is 0 Å². The molecule has 0 saturated heterocycles. The van der Waals surface area contributed by atoms with E-state index in [4.69, 9.17) is 11.5 Å². The Hall–Kier alpha value is -1.82. The summed E-state index contributed by atoms with van der Waals surface area (Å²) in [7, 11) is 0. The Morgan fingerprint density at radius 3 is 2.38 bits per heavy atom. The lowest BCUT2D eigenvalue weighted by Gasteiger charge is -2.08. The molecule has 1 atom stereocenters. The summed E-state index contributed by atoms with van der Waals surface area (Å²) >= 11 is 0. The largest absolute Gasteiger partial charge is 0.370 e. The second-order valence-corrected chi connectivity index (χ2v) is 3.27. The number of carbonyl (C=O) groups is 2. The van der Waals surface area contributed by atoms with Crippen molar-refractivity contribution in [2.45, 2.75) is 12.5 Å². The van der Waals surface area contributed by atoms with Crippen molar-refractivity contribution in [3.63, 3.8) is 0 Å². The number of nitrogens with two attached hydrogens (primary N) is 2. The first-order chi connectivity index (χ1) is 7.41. The van der Waals surface area contributed by atoms with Gasteiger partial charge in [-0.1, -0.05) is 0 Å². The zero-order valence-corrected chi connectivity index (χ0v) is 8.24. The molecule has 0 bridgehead atoms. The number of halogens is 2. The second kappa shape index (κ2) is 4.80. The summed E-state index contributed by atoms with van der Waals surface area (Å²) < 4.78 is 25.4. The van der Waals surface area contributed by atoms with Crippen molar-refractivity contribution < 1.29 is 18.4 Å². The third-order valence-electron chi connectivity index (χ3n) is 1.96. The summed E-state index contributed by atoms with van der Waals surface area (Å²) in [5.41, 5.74) is 10.1. The molecule has 1 rings (SSSR count). The molecule has 16 heavy (non-hydrogen) atoms. The van der Waals surface area contributed by atoms with E-state index in [-0.39, 0.29) is 12.0 Å². The fraction of sp³-hybridized carbons (Fsp3) is 0.200. The lowest BCUT2D eigenvalue weighted by Crippen LogP contribution is -2.35. The van der Waals surface area contributed by atoms with E-state index < -0.39 is 29.4 Å². The Morgan fingerprint density at radius 1 is 1.25 bits per heavy atom. The van der Waals surface area contributed by atoms with E-state index in [1.807, 2.05) is 0 Å². The highest BCUT2D eigenvalue weighted by Crippen LogP contribution is 2.11. The Labute approximate surface area is 90.2 Å². The van der Waals surface area contributed by atoms with Crippen LogP contribution in [0, 0.1) is 11.6 Å². The van der Waals surface area contributed by atoms with E-state index in [0.29, 0.717) is 0 Å². The van der Waals surface area contributed by atoms with Gasteiger partial charge >= 0.3 is 0 Å². The smallest absolute Gasteiger partial charge is 0.219 e. The highest BCUT2D eigenvalue weighted by molar-refractivity contribution is 6.01. The fourth-order valence-electron chi connectivity index (χ4n) is 1.17. The van der Waals surface area contributed by atoms with Gasteiger partial charge in [-0.3, -0.25) is 9.59 Å². The molecular weight excluding hydrogens is 218 g/mol. The molecule has 4 nitrogen and oxygen atoms in total. The first-order valence-corrected chi connectivity index (χ1v) is 4.45. The van der Waals surface area contributed by atoms with Gasteiger partial charge in [-0.05, 0) is 18.2 Å². The summed E-state index contributed by atoms with van der Waals surface area (Å²) in [4.78, 5) is 22.0. The van der Waals surface area contributed by atoms with Crippen LogP contribution in [0.4, 0.5) is 8.78 Å². The average Bonchev–Trinajstić information content (AvgIpc) is 2.20. The molecule has 1 aromatic rings. The van der Waals surface area contributed by atoms with Crippen molar-refractivity contribution in [1.82, 2.24) is 0 Å². The van der Waals surface area contributed by atoms with Gasteiger partial charge in [0.05, 0.1) is 6.04 Å². The Balaban J connectivity index is 2.88. The maximum Gasteiger partial charge on any atom is 0.219 e. The normalized spacial score (nSPS) is 12.2. The van der Waals surface area contributed by atoms with Crippen LogP contribution in [0.5, 0.6) is 0 Å². The molecule has 0 radical (unpaired) electrons. The molecule has 1 amide bonds. The SMILES string of the molecule is NC(=O)CC(N)C(=O)c1ccc(F)c(F)c1. The van der Waals surface area contributed by atoms with Gasteiger partial charge in [-0.25, -0.2) is 8.78 Å². The Bertz CT molecular complexity index is 435. The number of rotatable bonds is 4. The maximum atomic E-state index is 12.8. The van der Waals surface area contributed by atoms with Crippen molar-refractivity contribution >= 4 is 11.7 Å². The number of hydrogen-bond acceptors (Lipinski definition) is 3. The zero-order chi connectivity index (χ0) is 12.3. The van der Waals surface area contributed by atoms with Crippen LogP contribution in [0.2, 0.25) is 0 Å². The minimum atomic E-state index is -1.14. The highest BCUT2D eigenvalue weighted by atomic mass is 19.2. The van der Waals surface area contributed by atoms with Gasteiger partial charge in [0.15, 0.2) is 17.4 Å². The molecule has 0 fully saturated rings. The van der Waals surface area contributed by atoms with Crippen molar-refractivity contribution in [2.24, 2.45) is 11.5 Å². The van der Waals surface area contributed by atoms with Gasteiger partial charge in [0.25, 0.3) is 0 Å². The molecule has 0 aliphatic carbocycles. The standard InChI is InChI=1S/C10H10F2N2O2/c11-6-2-1-5(3-7(6)12)10(16)8(13)4-9(14)15/h1-3,8H,4,13H2,(H2,14,15). The van der Waals surface area contributed by atoms with Crippen LogP contribution in [0.25, 0.3) is 0 Å². The molecule has 0 spiro atoms. The van der Waals surface area contributed by atoms with Gasteiger partial charge < -0.3 is 11.5 Å². The summed E-state index contributed by atoms with van der Waals surface area (Å²) in [6, 6.07) is 1.52. The van der Waals surface area contributed by atoms with Crippen LogP contribution in [0.3, 0.4) is 0 Å². The van der Waals surface area contributed by atoms with Crippen molar-refractivity contribution in [1.29, 1.82) is 0 Å². The highest BCUT2D eigenvalue weighted by Gasteiger charge is 2.19. The maximum absolute atomic E-state index is 12.8. The van der Waals surface area contributed by atoms with E-state index in [1.165, 1.54) is 0 Å². The molecule has 0 aliphatic rings. The van der Waals surface area contributed by atoms with Gasteiger partial charge in [0, 0.05) is 12.0 Å². The summed E-state index contributed by atoms with van der Waals surface area (Å²) in [5.74, 6) is -3.58. The predicted molar refractivity (Wildman–Crippen MR) is 52.5 cm³/mol. The topological polar surface area (TPSA) is 86.2 Å². The van der Waals surface area contributed by atoms with Gasteiger partial charge in [-0.15, -0.1) is 0 Å². The van der Waals surface area contributed by atoms with Crippen LogP contribution < -0.4 is 11.5 Å². The number of ketones is 1. The van der Waals surface area contributed by atoms with E-state index in [2.05, 4.69) is 0 Å². The van der Waals surface area contributed by atoms with Crippen LogP contribution in [-0.4, -0.2) is 17.7 Å². The first kappa shape index (κ1) is 12.3. The molecule has 1 unspecified atom stereocenters. The molecular formula is C10H10F2N2O2. The first-order valence-electron chi connectivity index (χ1n) is 4.45. The molecule has 6 heteroatoms. The van der Waals surface area contributed by atoms with Crippen molar-refractivity contribution in [3.05, 3.63) is 35.4 Å². The van der Waals surface area contributed by atoms with Crippen LogP contribution in [0.15, 0.2) is 18.2 Å². The molecule has 0 heterocycles. The zero-order valence-electron chi connectivity index (χ0n) is 8.24. The van der Waals surface area contributed by atoms with E-state index in [0.717, 1.165) is 18.2 Å². The molecule has 0 aliphatic heterocycles. The lowest BCUT2D eigenvalue weighted by atomic mass is 10.0. The average molecular weight is 228 g/mol. The van der Waals surface area contributed by atoms with Crippen molar-refractivity contribution in [3.8, 4) is 0 Å². The predicted octanol–water partition coefficient (Wildman–Crippen LogP) is 0.350. The Kier molecular flexibility index (Phi) is 3.68. The summed E-state index contributed by atoms with van der Waals surface area (Å²) in [6.45, 7) is 0. The fourth-order valence-corrected chi connectivity index (χ4v) is 1.17. The minimum absolute atomic E-state index is 0.0901. The van der Waals surface area contributed by atoms with E-state index in [9.17, 15) is 18.4 Å². The molecule has 1 aromatic carbocycles. The molecule has 86 valence electrons. The second-order valence-electron chi connectivity index (χ2n) is 3.27. The minimum Gasteiger partial charge on any atom is -0.370 e. The molecule has 4 N–H and O–H groups in total. The number of carbonyl (C=O) groups excluding carboxylic acids is 2. The van der Waals surface area contributed by atoms with Crippen LogP contribution in [-0.2, 0) is 4.79 Å². The van der Waals surface area contributed by atoms with E-state index >= 15 is 0 Å². The molecule has 0 saturated carbocycles. The third kappa shape index (κ3) is 2.83. The number of benzene rings is 1. The quantitative estimate of drug-likeness (QED) is 0.729. The van der Waals surface area contributed by atoms with Crippen LogP contribution >= 0.6 is 0 Å². The van der Waals surface area contributed by atoms with Crippen molar-refractivity contribution in [2.75, 3.05) is 0 Å².